The normalized spacial score (nSPS) is 14.0. The summed E-state index contributed by atoms with van der Waals surface area (Å²) in [5.74, 6) is -0.866. The number of aryl methyl sites for hydroxylation is 1. The van der Waals surface area contributed by atoms with Gasteiger partial charge in [-0.15, -0.1) is 0 Å². The molecule has 0 amide bonds. The number of hydrogen-bond donors (Lipinski definition) is 1. The van der Waals surface area contributed by atoms with Crippen LogP contribution in [0, 0.1) is 0 Å². The highest BCUT2D eigenvalue weighted by Gasteiger charge is 2.24. The first kappa shape index (κ1) is 13.5. The van der Waals surface area contributed by atoms with E-state index in [4.69, 9.17) is 0 Å². The Kier molecular flexibility index (Phi) is 3.33. The summed E-state index contributed by atoms with van der Waals surface area (Å²) in [5.41, 5.74) is 4.00. The van der Waals surface area contributed by atoms with Gasteiger partial charge in [0, 0.05) is 11.8 Å². The van der Waals surface area contributed by atoms with Gasteiger partial charge in [-0.3, -0.25) is 4.98 Å². The summed E-state index contributed by atoms with van der Waals surface area (Å²) >= 11 is 0. The van der Waals surface area contributed by atoms with Gasteiger partial charge in [-0.2, -0.15) is 5.10 Å². The van der Waals surface area contributed by atoms with E-state index in [2.05, 4.69) is 16.2 Å². The number of carboxylic acids is 1. The average Bonchev–Trinajstić information content (AvgIpc) is 2.91. The lowest BCUT2D eigenvalue weighted by Gasteiger charge is -2.20. The van der Waals surface area contributed by atoms with E-state index in [1.165, 1.54) is 6.20 Å². The molecule has 0 aliphatic heterocycles. The maximum absolute atomic E-state index is 11.4. The largest absolute Gasteiger partial charge is 0.478 e. The van der Waals surface area contributed by atoms with Crippen LogP contribution in [0.4, 0.5) is 0 Å². The number of fused-ring (bicyclic) bond motifs is 1. The van der Waals surface area contributed by atoms with Crippen LogP contribution in [-0.2, 0) is 6.42 Å². The third kappa shape index (κ3) is 2.24. The van der Waals surface area contributed by atoms with Gasteiger partial charge in [-0.1, -0.05) is 19.9 Å². The molecule has 3 rings (SSSR count). The zero-order chi connectivity index (χ0) is 15.0. The van der Waals surface area contributed by atoms with Gasteiger partial charge < -0.3 is 5.11 Å². The topological polar surface area (TPSA) is 68.0 Å². The Balaban J connectivity index is 2.18. The molecular weight excluding hydrogens is 266 g/mol. The zero-order valence-corrected chi connectivity index (χ0v) is 12.1. The van der Waals surface area contributed by atoms with Crippen molar-refractivity contribution in [3.63, 3.8) is 0 Å². The van der Waals surface area contributed by atoms with Gasteiger partial charge in [-0.25, -0.2) is 9.48 Å². The van der Waals surface area contributed by atoms with Gasteiger partial charge in [-0.05, 0) is 30.9 Å². The third-order valence-corrected chi connectivity index (χ3v) is 3.70. The Labute approximate surface area is 122 Å². The van der Waals surface area contributed by atoms with Crippen molar-refractivity contribution in [2.24, 2.45) is 0 Å². The van der Waals surface area contributed by atoms with Crippen LogP contribution in [0.5, 0.6) is 0 Å². The lowest BCUT2D eigenvalue weighted by Crippen LogP contribution is -2.14. The van der Waals surface area contributed by atoms with Crippen LogP contribution < -0.4 is 0 Å². The highest BCUT2D eigenvalue weighted by atomic mass is 16.4. The van der Waals surface area contributed by atoms with E-state index < -0.39 is 5.97 Å². The number of aromatic nitrogens is 3. The molecular formula is C16H17N3O2. The molecule has 0 aromatic carbocycles. The molecule has 1 aliphatic carbocycles. The maximum Gasteiger partial charge on any atom is 0.339 e. The number of allylic oxidation sites excluding steroid dienone is 1. The van der Waals surface area contributed by atoms with Gasteiger partial charge in [0.15, 0.2) is 0 Å². The summed E-state index contributed by atoms with van der Waals surface area (Å²) in [6, 6.07) is 3.91. The number of carboxylic acid groups (broad SMARTS) is 1. The SMILES string of the molecule is CC(C)c1c(C(=O)O)cnn1C1=CCCc2ncccc21. The van der Waals surface area contributed by atoms with Crippen LogP contribution in [-0.4, -0.2) is 25.8 Å². The molecule has 1 aliphatic rings. The highest BCUT2D eigenvalue weighted by Crippen LogP contribution is 2.30. The molecule has 0 bridgehead atoms. The van der Waals surface area contributed by atoms with Crippen LogP contribution in [0.25, 0.3) is 5.70 Å². The molecule has 0 radical (unpaired) electrons. The second-order valence-electron chi connectivity index (χ2n) is 5.44. The second-order valence-corrected chi connectivity index (χ2v) is 5.44. The molecule has 0 saturated heterocycles. The lowest BCUT2D eigenvalue weighted by molar-refractivity contribution is 0.0695. The van der Waals surface area contributed by atoms with Crippen molar-refractivity contribution < 1.29 is 9.90 Å². The quantitative estimate of drug-likeness (QED) is 0.940. The van der Waals surface area contributed by atoms with E-state index >= 15 is 0 Å². The van der Waals surface area contributed by atoms with Crippen LogP contribution in [0.1, 0.15) is 53.5 Å². The molecule has 21 heavy (non-hydrogen) atoms. The van der Waals surface area contributed by atoms with Crippen LogP contribution in [0.2, 0.25) is 0 Å². The average molecular weight is 283 g/mol. The standard InChI is InChI=1S/C16H17N3O2/c1-10(2)15-12(16(20)21)9-18-19(15)14-7-3-6-13-11(14)5-4-8-17-13/h4-5,7-10H,3,6H2,1-2H3,(H,20,21). The number of carbonyl (C=O) groups is 1. The predicted molar refractivity (Wildman–Crippen MR) is 79.2 cm³/mol. The van der Waals surface area contributed by atoms with Crippen molar-refractivity contribution in [2.75, 3.05) is 0 Å². The molecule has 2 aromatic heterocycles. The number of aromatic carboxylic acids is 1. The predicted octanol–water partition coefficient (Wildman–Crippen LogP) is 2.94. The van der Waals surface area contributed by atoms with E-state index in [0.717, 1.165) is 35.5 Å². The Morgan fingerprint density at radius 1 is 1.43 bits per heavy atom. The minimum atomic E-state index is -0.937. The van der Waals surface area contributed by atoms with E-state index in [-0.39, 0.29) is 11.5 Å². The van der Waals surface area contributed by atoms with Gasteiger partial charge in [0.25, 0.3) is 0 Å². The Bertz CT molecular complexity index is 729. The molecule has 2 heterocycles. The van der Waals surface area contributed by atoms with Gasteiger partial charge in [0.1, 0.15) is 5.56 Å². The zero-order valence-electron chi connectivity index (χ0n) is 12.1. The van der Waals surface area contributed by atoms with E-state index in [0.29, 0.717) is 0 Å². The van der Waals surface area contributed by atoms with Crippen molar-refractivity contribution in [3.05, 3.63) is 53.1 Å². The van der Waals surface area contributed by atoms with Crippen molar-refractivity contribution in [1.29, 1.82) is 0 Å². The summed E-state index contributed by atoms with van der Waals surface area (Å²) in [6.45, 7) is 3.96. The lowest BCUT2D eigenvalue weighted by atomic mass is 9.98. The summed E-state index contributed by atoms with van der Waals surface area (Å²) in [5, 5.41) is 13.7. The van der Waals surface area contributed by atoms with Crippen LogP contribution in [0.3, 0.4) is 0 Å². The minimum Gasteiger partial charge on any atom is -0.478 e. The van der Waals surface area contributed by atoms with E-state index in [9.17, 15) is 9.90 Å². The van der Waals surface area contributed by atoms with Gasteiger partial charge in [0.2, 0.25) is 0 Å². The second kappa shape index (κ2) is 5.16. The fourth-order valence-electron chi connectivity index (χ4n) is 2.80. The molecule has 0 saturated carbocycles. The Hall–Kier alpha value is -2.43. The molecule has 5 heteroatoms. The van der Waals surface area contributed by atoms with Crippen LogP contribution >= 0.6 is 0 Å². The van der Waals surface area contributed by atoms with Crippen molar-refractivity contribution in [2.45, 2.75) is 32.6 Å². The molecule has 0 atom stereocenters. The molecule has 5 nitrogen and oxygen atoms in total. The maximum atomic E-state index is 11.4. The number of rotatable bonds is 3. The van der Waals surface area contributed by atoms with Crippen LogP contribution in [0.15, 0.2) is 30.6 Å². The van der Waals surface area contributed by atoms with E-state index in [1.807, 2.05) is 26.0 Å². The van der Waals surface area contributed by atoms with Gasteiger partial charge in [0.05, 0.1) is 23.3 Å². The Morgan fingerprint density at radius 2 is 2.24 bits per heavy atom. The molecule has 2 aromatic rings. The first-order valence-electron chi connectivity index (χ1n) is 7.05. The van der Waals surface area contributed by atoms with Crippen molar-refractivity contribution in [3.8, 4) is 0 Å². The number of hydrogen-bond acceptors (Lipinski definition) is 3. The van der Waals surface area contributed by atoms with Crippen molar-refractivity contribution in [1.82, 2.24) is 14.8 Å². The summed E-state index contributed by atoms with van der Waals surface area (Å²) in [7, 11) is 0. The third-order valence-electron chi connectivity index (χ3n) is 3.70. The fourth-order valence-corrected chi connectivity index (χ4v) is 2.80. The summed E-state index contributed by atoms with van der Waals surface area (Å²) in [6.07, 6.45) is 7.12. The van der Waals surface area contributed by atoms with Crippen molar-refractivity contribution >= 4 is 11.7 Å². The Morgan fingerprint density at radius 3 is 2.95 bits per heavy atom. The fraction of sp³-hybridized carbons (Fsp3) is 0.312. The minimum absolute atomic E-state index is 0.0709. The first-order valence-corrected chi connectivity index (χ1v) is 7.05. The smallest absolute Gasteiger partial charge is 0.339 e. The molecule has 0 unspecified atom stereocenters. The summed E-state index contributed by atoms with van der Waals surface area (Å²) in [4.78, 5) is 15.8. The first-order chi connectivity index (χ1) is 10.1. The number of pyridine rings is 1. The van der Waals surface area contributed by atoms with E-state index in [1.54, 1.807) is 10.9 Å². The molecule has 1 N–H and O–H groups in total. The summed E-state index contributed by atoms with van der Waals surface area (Å²) < 4.78 is 1.76. The highest BCUT2D eigenvalue weighted by molar-refractivity contribution is 5.89. The molecule has 0 spiro atoms. The van der Waals surface area contributed by atoms with Gasteiger partial charge >= 0.3 is 5.97 Å². The monoisotopic (exact) mass is 283 g/mol. The molecule has 108 valence electrons. The number of nitrogens with zero attached hydrogens (tertiary/aromatic N) is 3. The molecule has 0 fully saturated rings.